The Morgan fingerprint density at radius 2 is 1.31 bits per heavy atom. The van der Waals surface area contributed by atoms with Crippen molar-refractivity contribution >= 4 is 0 Å². The Morgan fingerprint density at radius 1 is 0.808 bits per heavy atom. The van der Waals surface area contributed by atoms with E-state index in [-0.39, 0.29) is 0 Å². The third kappa shape index (κ3) is 7.95. The predicted octanol–water partition coefficient (Wildman–Crippen LogP) is 6.97. The van der Waals surface area contributed by atoms with Crippen LogP contribution in [0.1, 0.15) is 64.5 Å². The second-order valence-corrected chi connectivity index (χ2v) is 7.31. The highest BCUT2D eigenvalue weighted by Gasteiger charge is 2.10. The van der Waals surface area contributed by atoms with Crippen LogP contribution < -0.4 is 9.47 Å². The standard InChI is InChI=1S/C24H36O2/c1-18(2)10-8-11-19(3)12-9-13-20(4)14-15-22-23(25-6)16-21(5)17-24(22)26-7/h10,12,14,16-17H,8-9,11,13,15H2,1-7H3/b19-12+,20-14+. The molecule has 0 unspecified atom stereocenters. The molecule has 0 aromatic heterocycles. The third-order valence-corrected chi connectivity index (χ3v) is 4.53. The fourth-order valence-electron chi connectivity index (χ4n) is 2.93. The van der Waals surface area contributed by atoms with Gasteiger partial charge in [-0.25, -0.2) is 0 Å². The number of hydrogen-bond donors (Lipinski definition) is 0. The minimum absolute atomic E-state index is 0.835. The third-order valence-electron chi connectivity index (χ3n) is 4.53. The zero-order valence-electron chi connectivity index (χ0n) is 17.7. The number of methoxy groups -OCH3 is 2. The van der Waals surface area contributed by atoms with Crippen molar-refractivity contribution in [3.63, 3.8) is 0 Å². The Kier molecular flexibility index (Phi) is 9.87. The van der Waals surface area contributed by atoms with Crippen LogP contribution in [-0.2, 0) is 6.42 Å². The average molecular weight is 357 g/mol. The van der Waals surface area contributed by atoms with Gasteiger partial charge < -0.3 is 9.47 Å². The highest BCUT2D eigenvalue weighted by molar-refractivity contribution is 5.49. The van der Waals surface area contributed by atoms with Gasteiger partial charge in [0, 0.05) is 5.56 Å². The molecule has 0 aliphatic carbocycles. The minimum atomic E-state index is 0.835. The molecule has 0 bridgehead atoms. The van der Waals surface area contributed by atoms with Gasteiger partial charge >= 0.3 is 0 Å². The molecule has 0 saturated heterocycles. The van der Waals surface area contributed by atoms with Gasteiger partial charge in [0.2, 0.25) is 0 Å². The summed E-state index contributed by atoms with van der Waals surface area (Å²) in [7, 11) is 3.44. The van der Waals surface area contributed by atoms with E-state index < -0.39 is 0 Å². The van der Waals surface area contributed by atoms with Crippen molar-refractivity contribution in [2.75, 3.05) is 14.2 Å². The van der Waals surface area contributed by atoms with E-state index in [4.69, 9.17) is 9.47 Å². The summed E-state index contributed by atoms with van der Waals surface area (Å²) < 4.78 is 11.1. The summed E-state index contributed by atoms with van der Waals surface area (Å²) in [5.74, 6) is 1.81. The molecule has 0 N–H and O–H groups in total. The summed E-state index contributed by atoms with van der Waals surface area (Å²) in [6.07, 6.45) is 12.3. The van der Waals surface area contributed by atoms with Crippen LogP contribution in [-0.4, -0.2) is 14.2 Å². The molecule has 26 heavy (non-hydrogen) atoms. The largest absolute Gasteiger partial charge is 0.496 e. The zero-order chi connectivity index (χ0) is 19.5. The van der Waals surface area contributed by atoms with Gasteiger partial charge in [0.05, 0.1) is 14.2 Å². The smallest absolute Gasteiger partial charge is 0.126 e. The van der Waals surface area contributed by atoms with Gasteiger partial charge in [-0.3, -0.25) is 0 Å². The molecule has 1 aromatic carbocycles. The lowest BCUT2D eigenvalue weighted by Gasteiger charge is -2.13. The summed E-state index contributed by atoms with van der Waals surface area (Å²) >= 11 is 0. The van der Waals surface area contributed by atoms with Crippen LogP contribution in [0.2, 0.25) is 0 Å². The second-order valence-electron chi connectivity index (χ2n) is 7.31. The van der Waals surface area contributed by atoms with Crippen LogP contribution in [0.3, 0.4) is 0 Å². The second kappa shape index (κ2) is 11.6. The number of allylic oxidation sites excluding steroid dienone is 6. The molecule has 2 nitrogen and oxygen atoms in total. The molecule has 0 spiro atoms. The van der Waals surface area contributed by atoms with Crippen molar-refractivity contribution in [1.82, 2.24) is 0 Å². The molecule has 0 atom stereocenters. The molecule has 0 aliphatic heterocycles. The minimum Gasteiger partial charge on any atom is -0.496 e. The van der Waals surface area contributed by atoms with E-state index in [1.54, 1.807) is 14.2 Å². The Balaban J connectivity index is 2.63. The average Bonchev–Trinajstić information content (AvgIpc) is 2.59. The van der Waals surface area contributed by atoms with Crippen LogP contribution in [0.25, 0.3) is 0 Å². The first kappa shape index (κ1) is 22.1. The van der Waals surface area contributed by atoms with Crippen molar-refractivity contribution in [2.24, 2.45) is 0 Å². The number of hydrogen-bond acceptors (Lipinski definition) is 2. The normalized spacial score (nSPS) is 12.1. The highest BCUT2D eigenvalue weighted by atomic mass is 16.5. The first-order chi connectivity index (χ1) is 12.4. The molecule has 1 rings (SSSR count). The summed E-state index contributed by atoms with van der Waals surface area (Å²) in [5.41, 5.74) is 6.56. The lowest BCUT2D eigenvalue weighted by molar-refractivity contribution is 0.386. The fraction of sp³-hybridized carbons (Fsp3) is 0.500. The molecule has 0 radical (unpaired) electrons. The predicted molar refractivity (Wildman–Crippen MR) is 113 cm³/mol. The number of ether oxygens (including phenoxy) is 2. The maximum absolute atomic E-state index is 5.54. The topological polar surface area (TPSA) is 18.5 Å². The summed E-state index contributed by atoms with van der Waals surface area (Å²) in [6.45, 7) is 10.8. The van der Waals surface area contributed by atoms with Crippen LogP contribution in [0.5, 0.6) is 11.5 Å². The van der Waals surface area contributed by atoms with Crippen molar-refractivity contribution in [2.45, 2.75) is 66.7 Å². The van der Waals surface area contributed by atoms with Crippen molar-refractivity contribution < 1.29 is 9.47 Å². The Labute approximate surface area is 160 Å². The van der Waals surface area contributed by atoms with E-state index in [0.717, 1.165) is 54.7 Å². The first-order valence-corrected chi connectivity index (χ1v) is 9.53. The van der Waals surface area contributed by atoms with E-state index in [1.165, 1.54) is 16.7 Å². The van der Waals surface area contributed by atoms with E-state index in [1.807, 2.05) is 0 Å². The highest BCUT2D eigenvalue weighted by Crippen LogP contribution is 2.31. The van der Waals surface area contributed by atoms with Crippen molar-refractivity contribution in [3.05, 3.63) is 58.2 Å². The maximum atomic E-state index is 5.54. The van der Waals surface area contributed by atoms with Gasteiger partial charge in [-0.15, -0.1) is 0 Å². The van der Waals surface area contributed by atoms with Crippen LogP contribution >= 0.6 is 0 Å². The molecular formula is C24H36O2. The maximum Gasteiger partial charge on any atom is 0.126 e. The molecular weight excluding hydrogens is 320 g/mol. The van der Waals surface area contributed by atoms with E-state index in [0.29, 0.717) is 0 Å². The summed E-state index contributed by atoms with van der Waals surface area (Å²) in [4.78, 5) is 0. The van der Waals surface area contributed by atoms with E-state index >= 15 is 0 Å². The molecule has 0 amide bonds. The van der Waals surface area contributed by atoms with Gasteiger partial charge in [-0.2, -0.15) is 0 Å². The van der Waals surface area contributed by atoms with Gasteiger partial charge in [0.15, 0.2) is 0 Å². The molecule has 0 fully saturated rings. The molecule has 2 heteroatoms. The van der Waals surface area contributed by atoms with Gasteiger partial charge in [0.1, 0.15) is 11.5 Å². The van der Waals surface area contributed by atoms with Crippen molar-refractivity contribution in [3.8, 4) is 11.5 Å². The summed E-state index contributed by atoms with van der Waals surface area (Å²) in [6, 6.07) is 4.14. The first-order valence-electron chi connectivity index (χ1n) is 9.53. The van der Waals surface area contributed by atoms with Crippen LogP contribution in [0, 0.1) is 6.92 Å². The van der Waals surface area contributed by atoms with E-state index in [2.05, 4.69) is 65.0 Å². The quantitative estimate of drug-likeness (QED) is 0.421. The van der Waals surface area contributed by atoms with Crippen LogP contribution in [0.15, 0.2) is 47.1 Å². The SMILES string of the molecule is COc1cc(C)cc(OC)c1C/C=C(\C)CC/C=C(\C)CCC=C(C)C. The molecule has 144 valence electrons. The number of aryl methyl sites for hydroxylation is 1. The summed E-state index contributed by atoms with van der Waals surface area (Å²) in [5, 5.41) is 0. The van der Waals surface area contributed by atoms with Crippen molar-refractivity contribution in [1.29, 1.82) is 0 Å². The molecule has 0 saturated carbocycles. The van der Waals surface area contributed by atoms with Gasteiger partial charge in [0.25, 0.3) is 0 Å². The Morgan fingerprint density at radius 3 is 1.81 bits per heavy atom. The van der Waals surface area contributed by atoms with E-state index in [9.17, 15) is 0 Å². The molecule has 0 heterocycles. The van der Waals surface area contributed by atoms with Crippen LogP contribution in [0.4, 0.5) is 0 Å². The molecule has 0 aliphatic rings. The Bertz CT molecular complexity index is 634. The Hall–Kier alpha value is -1.96. The number of benzene rings is 1. The monoisotopic (exact) mass is 356 g/mol. The fourth-order valence-corrected chi connectivity index (χ4v) is 2.93. The molecule has 1 aromatic rings. The number of rotatable bonds is 10. The lowest BCUT2D eigenvalue weighted by Crippen LogP contribution is -1.97. The lowest BCUT2D eigenvalue weighted by atomic mass is 10.0. The van der Waals surface area contributed by atoms with Gasteiger partial charge in [-0.1, -0.05) is 34.9 Å². The zero-order valence-corrected chi connectivity index (χ0v) is 17.7. The van der Waals surface area contributed by atoms with Gasteiger partial charge in [-0.05, 0) is 84.4 Å².